The zero-order valence-electron chi connectivity index (χ0n) is 11.7. The smallest absolute Gasteiger partial charge is 0.230 e. The Morgan fingerprint density at radius 2 is 2.33 bits per heavy atom. The lowest BCUT2D eigenvalue weighted by Crippen LogP contribution is -2.23. The summed E-state index contributed by atoms with van der Waals surface area (Å²) in [6.07, 6.45) is 2.24. The van der Waals surface area contributed by atoms with Crippen molar-refractivity contribution in [3.05, 3.63) is 18.5 Å². The van der Waals surface area contributed by atoms with Crippen molar-refractivity contribution in [2.75, 3.05) is 11.5 Å². The Labute approximate surface area is 127 Å². The molecule has 1 saturated heterocycles. The van der Waals surface area contributed by atoms with E-state index < -0.39 is 21.0 Å². The van der Waals surface area contributed by atoms with Gasteiger partial charge in [-0.25, -0.2) is 8.42 Å². The second-order valence-electron chi connectivity index (χ2n) is 5.00. The Bertz CT molecular complexity index is 653. The van der Waals surface area contributed by atoms with Crippen molar-refractivity contribution < 1.29 is 13.2 Å². The molecule has 1 aromatic heterocycles. The van der Waals surface area contributed by atoms with Crippen LogP contribution in [-0.2, 0) is 21.2 Å². The summed E-state index contributed by atoms with van der Waals surface area (Å²) in [5.74, 6) is 0.325. The van der Waals surface area contributed by atoms with Crippen molar-refractivity contribution in [3.63, 3.8) is 0 Å². The van der Waals surface area contributed by atoms with Crippen LogP contribution in [0.15, 0.2) is 17.8 Å². The quantitative estimate of drug-likeness (QED) is 0.595. The molecule has 9 heteroatoms. The molecule has 21 heavy (non-hydrogen) atoms. The molecule has 0 radical (unpaired) electrons. The van der Waals surface area contributed by atoms with Crippen LogP contribution >= 0.6 is 11.8 Å². The first-order valence-corrected chi connectivity index (χ1v) is 9.24. The topological polar surface area (TPSA) is 108 Å². The summed E-state index contributed by atoms with van der Waals surface area (Å²) in [6.45, 7) is 5.85. The number of nitrogens with two attached hydrogens (primary N) is 1. The summed E-state index contributed by atoms with van der Waals surface area (Å²) in [5.41, 5.74) is 5.26. The summed E-state index contributed by atoms with van der Waals surface area (Å²) in [5, 5.41) is 8.32. The Kier molecular flexibility index (Phi) is 4.72. The Morgan fingerprint density at radius 1 is 1.62 bits per heavy atom. The van der Waals surface area contributed by atoms with Crippen LogP contribution in [0.1, 0.15) is 25.1 Å². The van der Waals surface area contributed by atoms with Gasteiger partial charge in [-0.2, -0.15) is 0 Å². The predicted octanol–water partition coefficient (Wildman–Crippen LogP) is 0.332. The summed E-state index contributed by atoms with van der Waals surface area (Å²) in [6, 6.07) is 0. The van der Waals surface area contributed by atoms with Gasteiger partial charge >= 0.3 is 0 Å². The summed E-state index contributed by atoms with van der Waals surface area (Å²) < 4.78 is 25.0. The molecule has 1 aromatic rings. The van der Waals surface area contributed by atoms with E-state index in [0.717, 1.165) is 0 Å². The number of rotatable bonds is 6. The van der Waals surface area contributed by atoms with Crippen molar-refractivity contribution in [1.82, 2.24) is 14.8 Å². The molecule has 2 heterocycles. The number of hydrogen-bond donors (Lipinski definition) is 1. The van der Waals surface area contributed by atoms with Gasteiger partial charge in [0.2, 0.25) is 5.91 Å². The molecule has 7 nitrogen and oxygen atoms in total. The normalized spacial score (nSPS) is 22.0. The van der Waals surface area contributed by atoms with Crippen LogP contribution in [0, 0.1) is 0 Å². The average Bonchev–Trinajstić information content (AvgIpc) is 2.94. The van der Waals surface area contributed by atoms with E-state index in [1.165, 1.54) is 11.8 Å². The molecule has 0 unspecified atom stereocenters. The maximum absolute atomic E-state index is 11.6. The highest BCUT2D eigenvalue weighted by Crippen LogP contribution is 2.31. The third-order valence-electron chi connectivity index (χ3n) is 3.34. The largest absolute Gasteiger partial charge is 0.369 e. The fourth-order valence-corrected chi connectivity index (χ4v) is 4.76. The van der Waals surface area contributed by atoms with E-state index in [2.05, 4.69) is 16.8 Å². The molecule has 116 valence electrons. The molecule has 0 spiro atoms. The lowest BCUT2D eigenvalue weighted by Gasteiger charge is -2.12. The van der Waals surface area contributed by atoms with E-state index in [1.807, 2.05) is 4.57 Å². The molecular formula is C12H18N4O3S2. The molecular weight excluding hydrogens is 312 g/mol. The first-order valence-electron chi connectivity index (χ1n) is 6.54. The molecule has 1 aliphatic rings. The van der Waals surface area contributed by atoms with Crippen molar-refractivity contribution in [1.29, 1.82) is 0 Å². The summed E-state index contributed by atoms with van der Waals surface area (Å²) >= 11 is 1.22. The number of thioether (sulfide) groups is 1. The number of carbonyl (C=O) groups is 1. The third-order valence-corrected chi connectivity index (χ3v) is 6.20. The van der Waals surface area contributed by atoms with E-state index in [9.17, 15) is 13.2 Å². The van der Waals surface area contributed by atoms with Gasteiger partial charge in [0.1, 0.15) is 5.82 Å². The van der Waals surface area contributed by atoms with Crippen LogP contribution in [0.5, 0.6) is 0 Å². The minimum Gasteiger partial charge on any atom is -0.369 e. The zero-order valence-corrected chi connectivity index (χ0v) is 13.4. The molecule has 1 aliphatic heterocycles. The van der Waals surface area contributed by atoms with E-state index in [-0.39, 0.29) is 17.4 Å². The number of sulfone groups is 1. The molecule has 0 aromatic carbocycles. The monoisotopic (exact) mass is 330 g/mol. The van der Waals surface area contributed by atoms with Crippen LogP contribution in [-0.4, -0.2) is 45.8 Å². The third kappa shape index (κ3) is 3.65. The SMILES string of the molecule is C=CCn1c(S[C@H](C)C(N)=O)nnc1[C@H]1CCS(=O)(=O)C1. The highest BCUT2D eigenvalue weighted by molar-refractivity contribution is 8.00. The molecule has 1 fully saturated rings. The van der Waals surface area contributed by atoms with Crippen molar-refractivity contribution >= 4 is 27.5 Å². The molecule has 0 bridgehead atoms. The molecule has 2 rings (SSSR count). The molecule has 0 aliphatic carbocycles. The van der Waals surface area contributed by atoms with Crippen LogP contribution in [0.2, 0.25) is 0 Å². The first-order chi connectivity index (χ1) is 9.84. The molecule has 0 saturated carbocycles. The van der Waals surface area contributed by atoms with Crippen LogP contribution in [0.4, 0.5) is 0 Å². The van der Waals surface area contributed by atoms with E-state index in [1.54, 1.807) is 13.0 Å². The fraction of sp³-hybridized carbons (Fsp3) is 0.583. The van der Waals surface area contributed by atoms with E-state index in [4.69, 9.17) is 5.73 Å². The second-order valence-corrected chi connectivity index (χ2v) is 8.54. The minimum absolute atomic E-state index is 0.0956. The summed E-state index contributed by atoms with van der Waals surface area (Å²) in [7, 11) is -2.99. The average molecular weight is 330 g/mol. The molecule has 1 amide bonds. The van der Waals surface area contributed by atoms with Crippen LogP contribution in [0.3, 0.4) is 0 Å². The van der Waals surface area contributed by atoms with Gasteiger partial charge in [0.05, 0.1) is 16.8 Å². The number of hydrogen-bond acceptors (Lipinski definition) is 6. The van der Waals surface area contributed by atoms with Crippen molar-refractivity contribution in [2.24, 2.45) is 5.73 Å². The van der Waals surface area contributed by atoms with Gasteiger partial charge in [0, 0.05) is 12.5 Å². The van der Waals surface area contributed by atoms with E-state index in [0.29, 0.717) is 23.9 Å². The summed E-state index contributed by atoms with van der Waals surface area (Å²) in [4.78, 5) is 11.2. The Balaban J connectivity index is 2.28. The van der Waals surface area contributed by atoms with E-state index >= 15 is 0 Å². The van der Waals surface area contributed by atoms with Gasteiger partial charge in [-0.05, 0) is 13.3 Å². The number of amides is 1. The Morgan fingerprint density at radius 3 is 2.86 bits per heavy atom. The molecule has 2 atom stereocenters. The van der Waals surface area contributed by atoms with Gasteiger partial charge in [0.25, 0.3) is 0 Å². The van der Waals surface area contributed by atoms with Gasteiger partial charge < -0.3 is 10.3 Å². The Hall–Kier alpha value is -1.35. The molecule has 2 N–H and O–H groups in total. The first kappa shape index (κ1) is 16.0. The van der Waals surface area contributed by atoms with Crippen LogP contribution < -0.4 is 5.73 Å². The van der Waals surface area contributed by atoms with Crippen molar-refractivity contribution in [3.8, 4) is 0 Å². The standard InChI is InChI=1S/C12H18N4O3S2/c1-3-5-16-11(9-4-6-21(18,19)7-9)14-15-12(16)20-8(2)10(13)17/h3,8-9H,1,4-7H2,2H3,(H2,13,17)/t8-,9+/m1/s1. The van der Waals surface area contributed by atoms with Gasteiger partial charge in [-0.3, -0.25) is 4.79 Å². The minimum atomic E-state index is -2.99. The van der Waals surface area contributed by atoms with Gasteiger partial charge in [0.15, 0.2) is 15.0 Å². The maximum atomic E-state index is 11.6. The highest BCUT2D eigenvalue weighted by atomic mass is 32.2. The number of aromatic nitrogens is 3. The number of carbonyl (C=O) groups excluding carboxylic acids is 1. The number of allylic oxidation sites excluding steroid dienone is 1. The van der Waals surface area contributed by atoms with Gasteiger partial charge in [-0.1, -0.05) is 17.8 Å². The fourth-order valence-electron chi connectivity index (χ4n) is 2.20. The van der Waals surface area contributed by atoms with Crippen LogP contribution in [0.25, 0.3) is 0 Å². The number of nitrogens with zero attached hydrogens (tertiary/aromatic N) is 3. The second kappa shape index (κ2) is 6.18. The highest BCUT2D eigenvalue weighted by Gasteiger charge is 2.33. The zero-order chi connectivity index (χ0) is 15.6. The lowest BCUT2D eigenvalue weighted by molar-refractivity contribution is -0.117. The van der Waals surface area contributed by atoms with Gasteiger partial charge in [-0.15, -0.1) is 16.8 Å². The van der Waals surface area contributed by atoms with Crippen molar-refractivity contribution in [2.45, 2.75) is 36.2 Å². The maximum Gasteiger partial charge on any atom is 0.230 e. The number of primary amides is 1. The predicted molar refractivity (Wildman–Crippen MR) is 80.7 cm³/mol. The lowest BCUT2D eigenvalue weighted by atomic mass is 10.1.